The summed E-state index contributed by atoms with van der Waals surface area (Å²) in [7, 11) is 1.36. The van der Waals surface area contributed by atoms with Crippen LogP contribution in [0.2, 0.25) is 0 Å². The lowest BCUT2D eigenvalue weighted by molar-refractivity contribution is -0.142. The van der Waals surface area contributed by atoms with E-state index in [9.17, 15) is 26.7 Å². The number of rotatable bonds is 5. The third-order valence-electron chi connectivity index (χ3n) is 6.17. The van der Waals surface area contributed by atoms with Crippen LogP contribution in [-0.2, 0) is 11.3 Å². The smallest absolute Gasteiger partial charge is 0.408 e. The van der Waals surface area contributed by atoms with Crippen LogP contribution in [0.1, 0.15) is 13.3 Å². The van der Waals surface area contributed by atoms with Crippen molar-refractivity contribution >= 4 is 28.4 Å². The number of ether oxygens (including phenoxy) is 1. The number of amides is 1. The molecular formula is C22H21F5N8O2. The van der Waals surface area contributed by atoms with E-state index < -0.39 is 37.1 Å². The fourth-order valence-electron chi connectivity index (χ4n) is 4.39. The number of likely N-dealkylation sites (tertiary alicyclic amines) is 1. The van der Waals surface area contributed by atoms with Gasteiger partial charge in [-0.25, -0.2) is 18.0 Å². The van der Waals surface area contributed by atoms with Crippen molar-refractivity contribution in [3.05, 3.63) is 30.5 Å². The van der Waals surface area contributed by atoms with E-state index in [2.05, 4.69) is 25.7 Å². The predicted molar refractivity (Wildman–Crippen MR) is 121 cm³/mol. The normalized spacial score (nSPS) is 17.9. The largest absolute Gasteiger partial charge is 0.479 e. The van der Waals surface area contributed by atoms with Gasteiger partial charge < -0.3 is 15.0 Å². The number of halogens is 5. The molecule has 196 valence electrons. The topological polar surface area (TPSA) is 102 Å². The number of nitrogens with zero attached hydrogens (tertiary/aromatic N) is 7. The van der Waals surface area contributed by atoms with Crippen LogP contribution in [0.15, 0.2) is 30.5 Å². The van der Waals surface area contributed by atoms with Crippen LogP contribution in [0.5, 0.6) is 5.88 Å². The molecule has 3 aromatic heterocycles. The molecule has 1 aliphatic heterocycles. The molecule has 4 heterocycles. The molecule has 0 radical (unpaired) electrons. The fourth-order valence-corrected chi connectivity index (χ4v) is 4.39. The van der Waals surface area contributed by atoms with Gasteiger partial charge in [0.2, 0.25) is 17.7 Å². The predicted octanol–water partition coefficient (Wildman–Crippen LogP) is 3.38. The first-order valence-corrected chi connectivity index (χ1v) is 11.2. The summed E-state index contributed by atoms with van der Waals surface area (Å²) in [6.45, 7) is -0.595. The molecule has 1 unspecified atom stereocenters. The lowest BCUT2D eigenvalue weighted by Gasteiger charge is -2.38. The summed E-state index contributed by atoms with van der Waals surface area (Å²) < 4.78 is 75.8. The Morgan fingerprint density at radius 1 is 1.27 bits per heavy atom. The minimum absolute atomic E-state index is 0.00706. The Hall–Kier alpha value is -4.04. The van der Waals surface area contributed by atoms with E-state index in [0.717, 1.165) is 9.58 Å². The van der Waals surface area contributed by atoms with Crippen LogP contribution in [0.4, 0.5) is 27.9 Å². The maximum Gasteiger partial charge on any atom is 0.408 e. The number of aromatic nitrogens is 6. The summed E-state index contributed by atoms with van der Waals surface area (Å²) in [5.74, 6) is -3.66. The van der Waals surface area contributed by atoms with Gasteiger partial charge in [-0.05, 0) is 30.2 Å². The van der Waals surface area contributed by atoms with Gasteiger partial charge in [-0.2, -0.15) is 18.2 Å². The molecular weight excluding hydrogens is 503 g/mol. The minimum atomic E-state index is -4.47. The Balaban J connectivity index is 1.48. The quantitative estimate of drug-likeness (QED) is 0.400. The first kappa shape index (κ1) is 24.6. The molecule has 0 saturated carbocycles. The van der Waals surface area contributed by atoms with Crippen LogP contribution in [0.25, 0.3) is 27.7 Å². The summed E-state index contributed by atoms with van der Waals surface area (Å²) in [6, 6.07) is 5.09. The number of hydrogen-bond acceptors (Lipinski definition) is 7. The van der Waals surface area contributed by atoms with Gasteiger partial charge in [0.25, 0.3) is 5.92 Å². The summed E-state index contributed by atoms with van der Waals surface area (Å²) >= 11 is 0. The highest BCUT2D eigenvalue weighted by atomic mass is 19.4. The SMILES string of the molecule is COc1nc(NC2CCN(C(C)=O)CC2(F)F)nn2ccc(-c3ccc4nnn(CC(F)(F)F)c4c3)c12. The maximum atomic E-state index is 14.7. The zero-order chi connectivity index (χ0) is 26.5. The van der Waals surface area contributed by atoms with Crippen molar-refractivity contribution < 1.29 is 31.5 Å². The molecule has 1 fully saturated rings. The average molecular weight is 524 g/mol. The van der Waals surface area contributed by atoms with Gasteiger partial charge in [-0.1, -0.05) is 11.3 Å². The second-order valence-electron chi connectivity index (χ2n) is 8.72. The van der Waals surface area contributed by atoms with Crippen LogP contribution in [-0.4, -0.2) is 78.7 Å². The zero-order valence-corrected chi connectivity index (χ0v) is 19.6. The number of anilines is 1. The monoisotopic (exact) mass is 524 g/mol. The van der Waals surface area contributed by atoms with Crippen LogP contribution in [0.3, 0.4) is 0 Å². The van der Waals surface area contributed by atoms with Gasteiger partial charge >= 0.3 is 6.18 Å². The van der Waals surface area contributed by atoms with Crippen molar-refractivity contribution in [3.8, 4) is 17.0 Å². The molecule has 1 saturated heterocycles. The highest BCUT2D eigenvalue weighted by molar-refractivity contribution is 5.89. The molecule has 0 bridgehead atoms. The number of carbonyl (C=O) groups is 1. The van der Waals surface area contributed by atoms with Crippen molar-refractivity contribution in [2.24, 2.45) is 0 Å². The first-order valence-electron chi connectivity index (χ1n) is 11.2. The maximum absolute atomic E-state index is 14.7. The summed E-state index contributed by atoms with van der Waals surface area (Å²) in [4.78, 5) is 16.9. The molecule has 1 atom stereocenters. The molecule has 1 aromatic carbocycles. The first-order chi connectivity index (χ1) is 17.4. The Morgan fingerprint density at radius 3 is 2.73 bits per heavy atom. The van der Waals surface area contributed by atoms with Crippen molar-refractivity contribution in [2.75, 3.05) is 25.5 Å². The Morgan fingerprint density at radius 2 is 2.05 bits per heavy atom. The van der Waals surface area contributed by atoms with Gasteiger partial charge in [0, 0.05) is 25.2 Å². The second kappa shape index (κ2) is 8.81. The number of alkyl halides is 5. The molecule has 10 nitrogen and oxygen atoms in total. The van der Waals surface area contributed by atoms with Crippen LogP contribution in [0, 0.1) is 0 Å². The molecule has 1 N–H and O–H groups in total. The zero-order valence-electron chi connectivity index (χ0n) is 19.6. The van der Waals surface area contributed by atoms with Gasteiger partial charge in [0.15, 0.2) is 0 Å². The Labute approximate surface area is 206 Å². The minimum Gasteiger partial charge on any atom is -0.479 e. The van der Waals surface area contributed by atoms with Gasteiger partial charge in [0.05, 0.1) is 25.2 Å². The molecule has 0 aliphatic carbocycles. The number of hydrogen-bond donors (Lipinski definition) is 1. The van der Waals surface area contributed by atoms with Crippen molar-refractivity contribution in [1.82, 2.24) is 34.5 Å². The third-order valence-corrected chi connectivity index (χ3v) is 6.17. The van der Waals surface area contributed by atoms with E-state index in [-0.39, 0.29) is 30.3 Å². The number of nitrogens with one attached hydrogen (secondary N) is 1. The van der Waals surface area contributed by atoms with E-state index in [0.29, 0.717) is 22.2 Å². The second-order valence-corrected chi connectivity index (χ2v) is 8.72. The van der Waals surface area contributed by atoms with Crippen molar-refractivity contribution in [1.29, 1.82) is 0 Å². The van der Waals surface area contributed by atoms with Gasteiger partial charge in [0.1, 0.15) is 17.6 Å². The number of fused-ring (bicyclic) bond motifs is 2. The fraction of sp³-hybridized carbons (Fsp3) is 0.409. The number of benzene rings is 1. The highest BCUT2D eigenvalue weighted by Gasteiger charge is 2.46. The van der Waals surface area contributed by atoms with Gasteiger partial charge in [-0.15, -0.1) is 10.2 Å². The number of methoxy groups -OCH3 is 1. The standard InChI is InChI=1S/C22H21F5N8O2/c1-12(36)33-7-6-17(21(23,24)10-33)28-20-29-19(37-2)18-14(5-8-34(18)31-20)13-3-4-15-16(9-13)35(32-30-15)11-22(25,26)27/h3-5,8-9,17H,6-7,10-11H2,1-2H3,(H,28,31). The van der Waals surface area contributed by atoms with E-state index in [1.807, 2.05) is 0 Å². The third kappa shape index (κ3) is 4.72. The molecule has 1 amide bonds. The van der Waals surface area contributed by atoms with Crippen molar-refractivity contribution in [2.45, 2.75) is 38.0 Å². The molecule has 1 aliphatic rings. The van der Waals surface area contributed by atoms with E-state index in [1.165, 1.54) is 24.6 Å². The molecule has 0 spiro atoms. The molecule has 15 heteroatoms. The summed E-state index contributed by atoms with van der Waals surface area (Å²) in [5, 5.41) is 14.3. The lowest BCUT2D eigenvalue weighted by atomic mass is 10.0. The summed E-state index contributed by atoms with van der Waals surface area (Å²) in [5.41, 5.74) is 1.95. The Bertz CT molecular complexity index is 1480. The van der Waals surface area contributed by atoms with Gasteiger partial charge in [-0.3, -0.25) is 4.79 Å². The molecule has 5 rings (SSSR count). The van der Waals surface area contributed by atoms with Crippen LogP contribution < -0.4 is 10.1 Å². The van der Waals surface area contributed by atoms with Crippen molar-refractivity contribution in [3.63, 3.8) is 0 Å². The molecule has 37 heavy (non-hydrogen) atoms. The number of carbonyl (C=O) groups excluding carboxylic acids is 1. The number of piperidine rings is 1. The average Bonchev–Trinajstić information content (AvgIpc) is 3.42. The van der Waals surface area contributed by atoms with E-state index >= 15 is 0 Å². The van der Waals surface area contributed by atoms with E-state index in [1.54, 1.807) is 24.4 Å². The van der Waals surface area contributed by atoms with Crippen LogP contribution >= 0.6 is 0 Å². The molecule has 4 aromatic rings. The highest BCUT2D eigenvalue weighted by Crippen LogP contribution is 2.34. The Kier molecular flexibility index (Phi) is 5.87. The summed E-state index contributed by atoms with van der Waals surface area (Å²) in [6.07, 6.45) is -2.92. The lowest BCUT2D eigenvalue weighted by Crippen LogP contribution is -2.55. The van der Waals surface area contributed by atoms with E-state index in [4.69, 9.17) is 4.74 Å².